The number of hydrogen-bond acceptors (Lipinski definition) is 3. The van der Waals surface area contributed by atoms with Gasteiger partial charge >= 0.3 is 0 Å². The van der Waals surface area contributed by atoms with Crippen LogP contribution in [-0.4, -0.2) is 24.7 Å². The summed E-state index contributed by atoms with van der Waals surface area (Å²) in [4.78, 5) is 3.94. The Labute approximate surface area is 89.7 Å². The fraction of sp³-hybridized carbons (Fsp3) is 0.545. The van der Waals surface area contributed by atoms with Crippen LogP contribution in [0.25, 0.3) is 0 Å². The Morgan fingerprint density at radius 2 is 2.20 bits per heavy atom. The van der Waals surface area contributed by atoms with Gasteiger partial charge in [0.15, 0.2) is 0 Å². The van der Waals surface area contributed by atoms with Crippen molar-refractivity contribution >= 4 is 5.82 Å². The molecule has 0 radical (unpaired) electrons. The molecule has 1 N–H and O–H groups in total. The highest BCUT2D eigenvalue weighted by molar-refractivity contribution is 5.35. The molecule has 1 aromatic rings. The summed E-state index contributed by atoms with van der Waals surface area (Å²) < 4.78 is 17.7. The summed E-state index contributed by atoms with van der Waals surface area (Å²) in [5.41, 5.74) is 0. The van der Waals surface area contributed by atoms with Crippen molar-refractivity contribution in [3.63, 3.8) is 0 Å². The van der Waals surface area contributed by atoms with E-state index in [4.69, 9.17) is 4.74 Å². The van der Waals surface area contributed by atoms with E-state index in [2.05, 4.69) is 24.1 Å². The van der Waals surface area contributed by atoms with Crippen molar-refractivity contribution in [3.8, 4) is 0 Å². The summed E-state index contributed by atoms with van der Waals surface area (Å²) in [6, 6.07) is 3.20. The number of pyridine rings is 1. The second kappa shape index (κ2) is 5.66. The number of halogens is 1. The Hall–Kier alpha value is -1.16. The highest BCUT2D eigenvalue weighted by Gasteiger charge is 2.12. The molecule has 0 fully saturated rings. The van der Waals surface area contributed by atoms with Gasteiger partial charge in [0, 0.05) is 7.11 Å². The largest absolute Gasteiger partial charge is 0.383 e. The monoisotopic (exact) mass is 212 g/mol. The van der Waals surface area contributed by atoms with Crippen LogP contribution >= 0.6 is 0 Å². The van der Waals surface area contributed by atoms with E-state index in [1.165, 1.54) is 12.3 Å². The topological polar surface area (TPSA) is 34.1 Å². The number of nitrogens with one attached hydrogen (secondary N) is 1. The summed E-state index contributed by atoms with van der Waals surface area (Å²) in [5, 5.41) is 3.20. The number of methoxy groups -OCH3 is 1. The molecule has 1 rings (SSSR count). The molecule has 3 nitrogen and oxygen atoms in total. The molecular formula is C11H17FN2O. The summed E-state index contributed by atoms with van der Waals surface area (Å²) in [6.45, 7) is 4.80. The molecule has 1 heterocycles. The SMILES string of the molecule is COCC(Nc1ccc(F)cn1)C(C)C. The molecule has 1 atom stereocenters. The normalized spacial score (nSPS) is 12.9. The van der Waals surface area contributed by atoms with Crippen LogP contribution in [0.15, 0.2) is 18.3 Å². The van der Waals surface area contributed by atoms with Gasteiger partial charge in [-0.05, 0) is 18.1 Å². The number of ether oxygens (including phenoxy) is 1. The first-order valence-corrected chi connectivity index (χ1v) is 5.00. The number of aromatic nitrogens is 1. The molecule has 4 heteroatoms. The number of hydrogen-bond donors (Lipinski definition) is 1. The second-order valence-corrected chi connectivity index (χ2v) is 3.81. The minimum Gasteiger partial charge on any atom is -0.383 e. The third kappa shape index (κ3) is 3.83. The number of nitrogens with zero attached hydrogens (tertiary/aromatic N) is 1. The Morgan fingerprint density at radius 1 is 1.47 bits per heavy atom. The lowest BCUT2D eigenvalue weighted by atomic mass is 10.1. The fourth-order valence-electron chi connectivity index (χ4n) is 1.23. The standard InChI is InChI=1S/C11H17FN2O/c1-8(2)10(7-15-3)14-11-5-4-9(12)6-13-11/h4-6,8,10H,7H2,1-3H3,(H,13,14). The first-order valence-electron chi connectivity index (χ1n) is 5.00. The van der Waals surface area contributed by atoms with Crippen molar-refractivity contribution in [3.05, 3.63) is 24.1 Å². The van der Waals surface area contributed by atoms with Crippen LogP contribution < -0.4 is 5.32 Å². The molecule has 1 unspecified atom stereocenters. The van der Waals surface area contributed by atoms with E-state index in [1.807, 2.05) is 0 Å². The van der Waals surface area contributed by atoms with E-state index >= 15 is 0 Å². The molecule has 0 aromatic carbocycles. The Bertz CT molecular complexity index is 287. The highest BCUT2D eigenvalue weighted by atomic mass is 19.1. The smallest absolute Gasteiger partial charge is 0.141 e. The highest BCUT2D eigenvalue weighted by Crippen LogP contribution is 2.10. The van der Waals surface area contributed by atoms with Crippen LogP contribution in [0.5, 0.6) is 0 Å². The van der Waals surface area contributed by atoms with Crippen LogP contribution in [0.2, 0.25) is 0 Å². The fourth-order valence-corrected chi connectivity index (χ4v) is 1.23. The van der Waals surface area contributed by atoms with Crippen molar-refractivity contribution < 1.29 is 9.13 Å². The predicted octanol–water partition coefficient (Wildman–Crippen LogP) is 2.30. The molecular weight excluding hydrogens is 195 g/mol. The molecule has 0 aliphatic carbocycles. The molecule has 0 aliphatic rings. The molecule has 0 saturated heterocycles. The van der Waals surface area contributed by atoms with E-state index in [-0.39, 0.29) is 11.9 Å². The minimum absolute atomic E-state index is 0.188. The van der Waals surface area contributed by atoms with Crippen LogP contribution in [0, 0.1) is 11.7 Å². The maximum atomic E-state index is 12.6. The molecule has 0 saturated carbocycles. The van der Waals surface area contributed by atoms with E-state index in [0.717, 1.165) is 0 Å². The lowest BCUT2D eigenvalue weighted by Crippen LogP contribution is -2.30. The summed E-state index contributed by atoms with van der Waals surface area (Å²) in [6.07, 6.45) is 1.20. The quantitative estimate of drug-likeness (QED) is 0.813. The van der Waals surface area contributed by atoms with Gasteiger partial charge in [0.05, 0.1) is 18.8 Å². The van der Waals surface area contributed by atoms with Gasteiger partial charge in [-0.2, -0.15) is 0 Å². The summed E-state index contributed by atoms with van der Waals surface area (Å²) in [7, 11) is 1.66. The Balaban J connectivity index is 2.61. The molecule has 0 spiro atoms. The lowest BCUT2D eigenvalue weighted by molar-refractivity contribution is 0.171. The van der Waals surface area contributed by atoms with E-state index < -0.39 is 0 Å². The predicted molar refractivity (Wildman–Crippen MR) is 58.3 cm³/mol. The van der Waals surface area contributed by atoms with Crippen molar-refractivity contribution in [2.24, 2.45) is 5.92 Å². The second-order valence-electron chi connectivity index (χ2n) is 3.81. The van der Waals surface area contributed by atoms with Gasteiger partial charge in [0.1, 0.15) is 11.6 Å². The maximum absolute atomic E-state index is 12.6. The number of rotatable bonds is 5. The van der Waals surface area contributed by atoms with E-state index in [0.29, 0.717) is 18.3 Å². The molecule has 84 valence electrons. The van der Waals surface area contributed by atoms with Gasteiger partial charge in [-0.3, -0.25) is 0 Å². The zero-order chi connectivity index (χ0) is 11.3. The van der Waals surface area contributed by atoms with Crippen molar-refractivity contribution in [1.82, 2.24) is 4.98 Å². The maximum Gasteiger partial charge on any atom is 0.141 e. The average Bonchev–Trinajstić information content (AvgIpc) is 2.20. The molecule has 0 amide bonds. The summed E-state index contributed by atoms with van der Waals surface area (Å²) in [5.74, 6) is 0.775. The minimum atomic E-state index is -0.326. The zero-order valence-electron chi connectivity index (χ0n) is 9.33. The van der Waals surface area contributed by atoms with Crippen LogP contribution in [-0.2, 0) is 4.74 Å². The van der Waals surface area contributed by atoms with Crippen LogP contribution in [0.3, 0.4) is 0 Å². The molecule has 0 aliphatic heterocycles. The van der Waals surface area contributed by atoms with E-state index in [9.17, 15) is 4.39 Å². The molecule has 0 bridgehead atoms. The van der Waals surface area contributed by atoms with Gasteiger partial charge in [0.2, 0.25) is 0 Å². The third-order valence-electron chi connectivity index (χ3n) is 2.21. The van der Waals surface area contributed by atoms with Gasteiger partial charge in [0.25, 0.3) is 0 Å². The van der Waals surface area contributed by atoms with Gasteiger partial charge in [-0.15, -0.1) is 0 Å². The van der Waals surface area contributed by atoms with Crippen molar-refractivity contribution in [1.29, 1.82) is 0 Å². The Kier molecular flexibility index (Phi) is 4.49. The first kappa shape index (κ1) is 11.9. The van der Waals surface area contributed by atoms with Crippen LogP contribution in [0.4, 0.5) is 10.2 Å². The first-order chi connectivity index (χ1) is 7.13. The van der Waals surface area contributed by atoms with Crippen molar-refractivity contribution in [2.45, 2.75) is 19.9 Å². The van der Waals surface area contributed by atoms with Crippen molar-refractivity contribution in [2.75, 3.05) is 19.0 Å². The lowest BCUT2D eigenvalue weighted by Gasteiger charge is -2.21. The number of anilines is 1. The average molecular weight is 212 g/mol. The van der Waals surface area contributed by atoms with Gasteiger partial charge in [-0.25, -0.2) is 9.37 Å². The molecule has 15 heavy (non-hydrogen) atoms. The third-order valence-corrected chi connectivity index (χ3v) is 2.21. The molecule has 1 aromatic heterocycles. The van der Waals surface area contributed by atoms with E-state index in [1.54, 1.807) is 13.2 Å². The summed E-state index contributed by atoms with van der Waals surface area (Å²) >= 11 is 0. The van der Waals surface area contributed by atoms with Crippen LogP contribution in [0.1, 0.15) is 13.8 Å². The zero-order valence-corrected chi connectivity index (χ0v) is 9.33. The van der Waals surface area contributed by atoms with Gasteiger partial charge in [-0.1, -0.05) is 13.8 Å². The van der Waals surface area contributed by atoms with Gasteiger partial charge < -0.3 is 10.1 Å². The Morgan fingerprint density at radius 3 is 2.67 bits per heavy atom.